The molecule has 0 fully saturated rings. The number of Topliss-reactive ketones (excluding diaryl/α,β-unsaturated/α-hetero) is 1. The molecular weight excluding hydrogens is 388 g/mol. The molecule has 0 aromatic heterocycles. The lowest BCUT2D eigenvalue weighted by molar-refractivity contribution is -0.384. The average Bonchev–Trinajstić information content (AvgIpc) is 2.66. The van der Waals surface area contributed by atoms with E-state index in [0.717, 1.165) is 24.3 Å². The van der Waals surface area contributed by atoms with Crippen molar-refractivity contribution >= 4 is 33.0 Å². The van der Waals surface area contributed by atoms with Crippen molar-refractivity contribution in [1.29, 1.82) is 0 Å². The number of carbonyl (C=O) groups excluding carboxylic acids is 2. The number of benzene rings is 2. The first-order valence-electron chi connectivity index (χ1n) is 8.20. The number of nitro groups is 1. The molecule has 2 aromatic carbocycles. The Balaban J connectivity index is 2.37. The number of ether oxygens (including phenoxy) is 1. The lowest BCUT2D eigenvalue weighted by atomic mass is 10.1. The molecule has 0 heterocycles. The molecule has 28 heavy (non-hydrogen) atoms. The number of anilines is 1. The van der Waals surface area contributed by atoms with E-state index in [0.29, 0.717) is 5.69 Å². The van der Waals surface area contributed by atoms with Gasteiger partial charge in [-0.05, 0) is 44.2 Å². The van der Waals surface area contributed by atoms with Gasteiger partial charge in [-0.3, -0.25) is 19.7 Å². The number of ketones is 1. The Morgan fingerprint density at radius 2 is 1.71 bits per heavy atom. The summed E-state index contributed by atoms with van der Waals surface area (Å²) in [6, 6.07) is 8.32. The number of esters is 1. The number of nitrogens with one attached hydrogen (secondary N) is 1. The Morgan fingerprint density at radius 1 is 1.11 bits per heavy atom. The number of non-ortho nitro benzene ring substituents is 1. The summed E-state index contributed by atoms with van der Waals surface area (Å²) in [5, 5.41) is 13.5. The fraction of sp³-hybridized carbons (Fsp3) is 0.222. The summed E-state index contributed by atoms with van der Waals surface area (Å²) in [5.74, 6) is -0.910. The summed E-state index contributed by atoms with van der Waals surface area (Å²) >= 11 is 0. The number of rotatable bonds is 8. The minimum absolute atomic E-state index is 0.0901. The van der Waals surface area contributed by atoms with Crippen LogP contribution in [0.5, 0.6) is 0 Å². The van der Waals surface area contributed by atoms with Crippen molar-refractivity contribution in [3.63, 3.8) is 0 Å². The van der Waals surface area contributed by atoms with E-state index in [1.165, 1.54) is 25.1 Å². The van der Waals surface area contributed by atoms with Crippen LogP contribution in [-0.4, -0.2) is 38.2 Å². The fourth-order valence-electron chi connectivity index (χ4n) is 2.40. The van der Waals surface area contributed by atoms with Crippen LogP contribution in [0.1, 0.15) is 24.2 Å². The highest BCUT2D eigenvalue weighted by molar-refractivity contribution is 7.91. The largest absolute Gasteiger partial charge is 0.465 e. The number of hydrogen-bond donors (Lipinski definition) is 1. The summed E-state index contributed by atoms with van der Waals surface area (Å²) in [7, 11) is -3.99. The van der Waals surface area contributed by atoms with Crippen LogP contribution in [0.4, 0.5) is 11.4 Å². The van der Waals surface area contributed by atoms with Crippen LogP contribution in [0.2, 0.25) is 0 Å². The average molecular weight is 406 g/mol. The molecule has 0 spiro atoms. The summed E-state index contributed by atoms with van der Waals surface area (Å²) in [5.41, 5.74) is 0.150. The highest BCUT2D eigenvalue weighted by Gasteiger charge is 2.21. The number of carbonyl (C=O) groups is 2. The van der Waals surface area contributed by atoms with Crippen molar-refractivity contribution in [2.45, 2.75) is 23.6 Å². The molecule has 0 unspecified atom stereocenters. The molecule has 10 heteroatoms. The molecule has 2 aromatic rings. The Morgan fingerprint density at radius 3 is 2.25 bits per heavy atom. The van der Waals surface area contributed by atoms with Gasteiger partial charge < -0.3 is 10.1 Å². The molecule has 0 amide bonds. The van der Waals surface area contributed by atoms with Crippen molar-refractivity contribution in [2.75, 3.05) is 18.5 Å². The zero-order valence-corrected chi connectivity index (χ0v) is 16.0. The lowest BCUT2D eigenvalue weighted by Crippen LogP contribution is -2.18. The highest BCUT2D eigenvalue weighted by Crippen LogP contribution is 2.27. The van der Waals surface area contributed by atoms with Gasteiger partial charge in [-0.1, -0.05) is 0 Å². The topological polar surface area (TPSA) is 133 Å². The summed E-state index contributed by atoms with van der Waals surface area (Å²) in [4.78, 5) is 33.2. The molecule has 0 aliphatic heterocycles. The first-order valence-corrected chi connectivity index (χ1v) is 9.69. The molecule has 0 aliphatic carbocycles. The van der Waals surface area contributed by atoms with Crippen molar-refractivity contribution in [1.82, 2.24) is 0 Å². The van der Waals surface area contributed by atoms with Gasteiger partial charge in [-0.2, -0.15) is 0 Å². The summed E-state index contributed by atoms with van der Waals surface area (Å²) < 4.78 is 30.3. The van der Waals surface area contributed by atoms with E-state index < -0.39 is 26.5 Å². The van der Waals surface area contributed by atoms with Crippen LogP contribution in [0.15, 0.2) is 52.3 Å². The minimum Gasteiger partial charge on any atom is -0.465 e. The van der Waals surface area contributed by atoms with E-state index in [9.17, 15) is 28.1 Å². The molecule has 0 saturated heterocycles. The summed E-state index contributed by atoms with van der Waals surface area (Å²) in [6.07, 6.45) is 0. The maximum absolute atomic E-state index is 12.8. The van der Waals surface area contributed by atoms with Gasteiger partial charge in [0.25, 0.3) is 5.69 Å². The van der Waals surface area contributed by atoms with E-state index in [1.54, 1.807) is 6.92 Å². The molecule has 0 atom stereocenters. The molecule has 9 nitrogen and oxygen atoms in total. The second kappa shape index (κ2) is 8.61. The summed E-state index contributed by atoms with van der Waals surface area (Å²) in [6.45, 7) is 2.97. The number of nitro benzene ring substituents is 1. The van der Waals surface area contributed by atoms with Crippen LogP contribution in [0.25, 0.3) is 0 Å². The Hall–Kier alpha value is -3.27. The third-order valence-corrected chi connectivity index (χ3v) is 5.53. The smallest absolute Gasteiger partial charge is 0.325 e. The van der Waals surface area contributed by atoms with Gasteiger partial charge in [-0.25, -0.2) is 8.42 Å². The Labute approximate surface area is 161 Å². The maximum Gasteiger partial charge on any atom is 0.325 e. The SMILES string of the molecule is CCOC(=O)CNc1ccc(S(=O)(=O)c2ccc([N+](=O)[O-])cc2)cc1C(C)=O. The van der Waals surface area contributed by atoms with E-state index in [-0.39, 0.29) is 34.2 Å². The van der Waals surface area contributed by atoms with Crippen LogP contribution >= 0.6 is 0 Å². The van der Waals surface area contributed by atoms with E-state index in [1.807, 2.05) is 0 Å². The van der Waals surface area contributed by atoms with E-state index >= 15 is 0 Å². The lowest BCUT2D eigenvalue weighted by Gasteiger charge is -2.12. The molecular formula is C18H18N2O7S. The number of nitrogens with zero attached hydrogens (tertiary/aromatic N) is 1. The predicted octanol–water partition coefficient (Wildman–Crippen LogP) is 2.61. The van der Waals surface area contributed by atoms with Gasteiger partial charge >= 0.3 is 5.97 Å². The van der Waals surface area contributed by atoms with Crippen molar-refractivity contribution in [3.8, 4) is 0 Å². The molecule has 0 radical (unpaired) electrons. The Bertz CT molecular complexity index is 1010. The van der Waals surface area contributed by atoms with Crippen LogP contribution in [0, 0.1) is 10.1 Å². The molecule has 0 aliphatic rings. The molecule has 1 N–H and O–H groups in total. The molecule has 0 saturated carbocycles. The van der Waals surface area contributed by atoms with Gasteiger partial charge in [0.05, 0.1) is 21.3 Å². The van der Waals surface area contributed by atoms with E-state index in [2.05, 4.69) is 5.32 Å². The third kappa shape index (κ3) is 4.71. The van der Waals surface area contributed by atoms with Gasteiger partial charge in [0, 0.05) is 23.4 Å². The van der Waals surface area contributed by atoms with Crippen molar-refractivity contribution in [2.24, 2.45) is 0 Å². The zero-order valence-electron chi connectivity index (χ0n) is 15.2. The monoisotopic (exact) mass is 406 g/mol. The second-order valence-corrected chi connectivity index (χ2v) is 7.63. The second-order valence-electron chi connectivity index (χ2n) is 5.68. The van der Waals surface area contributed by atoms with Crippen LogP contribution < -0.4 is 5.32 Å². The van der Waals surface area contributed by atoms with Gasteiger partial charge in [-0.15, -0.1) is 0 Å². The standard InChI is InChI=1S/C18H18N2O7S/c1-3-27-18(22)11-19-17-9-8-15(10-16(17)12(2)21)28(25,26)14-6-4-13(5-7-14)20(23)24/h4-10,19H,3,11H2,1-2H3. The van der Waals surface area contributed by atoms with Gasteiger partial charge in [0.1, 0.15) is 6.54 Å². The first kappa shape index (κ1) is 21.0. The maximum atomic E-state index is 12.8. The number of hydrogen-bond acceptors (Lipinski definition) is 8. The predicted molar refractivity (Wildman–Crippen MR) is 100 cm³/mol. The molecule has 2 rings (SSSR count). The van der Waals surface area contributed by atoms with Crippen molar-refractivity contribution < 1.29 is 27.7 Å². The third-order valence-electron chi connectivity index (χ3n) is 3.77. The molecule has 148 valence electrons. The molecule has 0 bridgehead atoms. The van der Waals surface area contributed by atoms with E-state index in [4.69, 9.17) is 4.74 Å². The Kier molecular flexibility index (Phi) is 6.47. The van der Waals surface area contributed by atoms with Crippen LogP contribution in [-0.2, 0) is 19.4 Å². The first-order chi connectivity index (χ1) is 13.2. The fourth-order valence-corrected chi connectivity index (χ4v) is 3.69. The van der Waals surface area contributed by atoms with Gasteiger partial charge in [0.15, 0.2) is 5.78 Å². The highest BCUT2D eigenvalue weighted by atomic mass is 32.2. The normalized spacial score (nSPS) is 10.9. The van der Waals surface area contributed by atoms with Crippen LogP contribution in [0.3, 0.4) is 0 Å². The minimum atomic E-state index is -3.99. The van der Waals surface area contributed by atoms with Gasteiger partial charge in [0.2, 0.25) is 9.84 Å². The number of sulfone groups is 1. The zero-order chi connectivity index (χ0) is 20.9. The quantitative estimate of drug-likeness (QED) is 0.306. The van der Waals surface area contributed by atoms with Crippen molar-refractivity contribution in [3.05, 3.63) is 58.1 Å².